The first-order chi connectivity index (χ1) is 24.9. The molecule has 0 saturated heterocycles. The van der Waals surface area contributed by atoms with Crippen LogP contribution < -0.4 is 9.91 Å². The summed E-state index contributed by atoms with van der Waals surface area (Å²) >= 11 is 0. The third kappa shape index (κ3) is 6.75. The molecule has 2 aliphatic heterocycles. The highest BCUT2D eigenvalue weighted by molar-refractivity contribution is 6.09. The summed E-state index contributed by atoms with van der Waals surface area (Å²) < 4.78 is 1.74. The minimum absolute atomic E-state index is 0.0670. The Hall–Kier alpha value is -5.71. The van der Waals surface area contributed by atoms with Crippen molar-refractivity contribution in [2.75, 3.05) is 16.5 Å². The van der Waals surface area contributed by atoms with Gasteiger partial charge in [0.05, 0.1) is 41.8 Å². The Labute approximate surface area is 297 Å². The van der Waals surface area contributed by atoms with Gasteiger partial charge in [-0.1, -0.05) is 115 Å². The van der Waals surface area contributed by atoms with E-state index in [4.69, 9.17) is 0 Å². The van der Waals surface area contributed by atoms with E-state index in [0.29, 0.717) is 48.4 Å². The summed E-state index contributed by atoms with van der Waals surface area (Å²) in [5.74, 6) is -1.21. The maximum Gasteiger partial charge on any atom is 0.264 e. The third-order valence-electron chi connectivity index (χ3n) is 9.74. The van der Waals surface area contributed by atoms with Crippen LogP contribution in [0.15, 0.2) is 133 Å². The summed E-state index contributed by atoms with van der Waals surface area (Å²) in [6, 6.07) is 34.4. The largest absolute Gasteiger partial charge is 0.395 e. The first-order valence-electron chi connectivity index (χ1n) is 17.3. The van der Waals surface area contributed by atoms with Crippen LogP contribution in [0.3, 0.4) is 0 Å². The molecule has 51 heavy (non-hydrogen) atoms. The average Bonchev–Trinajstić information content (AvgIpc) is 3.72. The van der Waals surface area contributed by atoms with Crippen LogP contribution >= 0.6 is 0 Å². The number of aliphatic hydroxyl groups excluding tert-OH is 1. The first kappa shape index (κ1) is 33.8. The predicted octanol–water partition coefficient (Wildman–Crippen LogP) is 5.95. The summed E-state index contributed by atoms with van der Waals surface area (Å²) in [5, 5.41) is 36.7. The quantitative estimate of drug-likeness (QED) is 0.157. The first-order valence-corrected chi connectivity index (χ1v) is 17.3. The Morgan fingerprint density at radius 1 is 0.882 bits per heavy atom. The van der Waals surface area contributed by atoms with Gasteiger partial charge < -0.3 is 15.1 Å². The Kier molecular flexibility index (Phi) is 9.70. The fourth-order valence-corrected chi connectivity index (χ4v) is 6.86. The summed E-state index contributed by atoms with van der Waals surface area (Å²) in [5.41, 5.74) is 4.55. The van der Waals surface area contributed by atoms with Crippen molar-refractivity contribution in [2.45, 2.75) is 50.8 Å². The van der Waals surface area contributed by atoms with E-state index in [2.05, 4.69) is 15.4 Å². The van der Waals surface area contributed by atoms with Gasteiger partial charge in [0.2, 0.25) is 5.91 Å². The second kappa shape index (κ2) is 14.6. The Bertz CT molecular complexity index is 2060. The number of anilines is 2. The molecule has 1 unspecified atom stereocenters. The van der Waals surface area contributed by atoms with Crippen molar-refractivity contribution in [1.29, 1.82) is 0 Å². The second-order valence-electron chi connectivity index (χ2n) is 13.0. The van der Waals surface area contributed by atoms with Gasteiger partial charge in [0.25, 0.3) is 5.91 Å². The molecule has 2 amide bonds. The molecule has 0 radical (unpaired) electrons. The summed E-state index contributed by atoms with van der Waals surface area (Å²) in [7, 11) is 0. The van der Waals surface area contributed by atoms with Crippen molar-refractivity contribution in [3.05, 3.63) is 155 Å². The second-order valence-corrected chi connectivity index (χ2v) is 13.0. The fourth-order valence-electron chi connectivity index (χ4n) is 6.86. The maximum atomic E-state index is 14.1. The molecule has 4 aromatic carbocycles. The molecule has 258 valence electrons. The number of aliphatic hydroxyl groups is 2. The lowest BCUT2D eigenvalue weighted by molar-refractivity contribution is -0.139. The molecule has 0 fully saturated rings. The van der Waals surface area contributed by atoms with Gasteiger partial charge in [-0.25, -0.2) is 5.01 Å². The number of allylic oxidation sites excluding steroid dienone is 1. The number of carbonyl (C=O) groups is 2. The normalized spacial score (nSPS) is 18.6. The lowest BCUT2D eigenvalue weighted by Gasteiger charge is -2.28. The van der Waals surface area contributed by atoms with E-state index >= 15 is 0 Å². The zero-order chi connectivity index (χ0) is 35.4. The van der Waals surface area contributed by atoms with E-state index in [9.17, 15) is 19.8 Å². The number of rotatable bonds is 12. The van der Waals surface area contributed by atoms with Crippen molar-refractivity contribution >= 4 is 28.9 Å². The van der Waals surface area contributed by atoms with E-state index < -0.39 is 11.5 Å². The molecular weight excluding hydrogens is 640 g/mol. The van der Waals surface area contributed by atoms with Gasteiger partial charge in [0.1, 0.15) is 0 Å². The number of aromatic nitrogens is 3. The molecule has 1 aromatic heterocycles. The predicted molar refractivity (Wildman–Crippen MR) is 196 cm³/mol. The monoisotopic (exact) mass is 680 g/mol. The van der Waals surface area contributed by atoms with Crippen LogP contribution in [0.2, 0.25) is 0 Å². The Morgan fingerprint density at radius 2 is 1.59 bits per heavy atom. The van der Waals surface area contributed by atoms with Gasteiger partial charge in [0.15, 0.2) is 5.60 Å². The molecule has 0 saturated carbocycles. The molecule has 0 spiro atoms. The number of hydrogen-bond donors (Lipinski definition) is 2. The summed E-state index contributed by atoms with van der Waals surface area (Å²) in [4.78, 5) is 28.5. The van der Waals surface area contributed by atoms with Gasteiger partial charge in [-0.3, -0.25) is 14.3 Å². The molecule has 2 N–H and O–H groups in total. The molecule has 3 heterocycles. The number of fused-ring (bicyclic) bond motifs is 1. The van der Waals surface area contributed by atoms with Crippen molar-refractivity contribution in [3.8, 4) is 0 Å². The number of hydrogen-bond acceptors (Lipinski definition) is 7. The van der Waals surface area contributed by atoms with Crippen molar-refractivity contribution in [1.82, 2.24) is 15.0 Å². The van der Waals surface area contributed by atoms with Crippen LogP contribution in [0.25, 0.3) is 0 Å². The number of para-hydroxylation sites is 1. The number of benzene rings is 4. The van der Waals surface area contributed by atoms with Crippen molar-refractivity contribution in [3.63, 3.8) is 0 Å². The van der Waals surface area contributed by atoms with E-state index in [0.717, 1.165) is 22.4 Å². The Morgan fingerprint density at radius 3 is 2.33 bits per heavy atom. The minimum Gasteiger partial charge on any atom is -0.395 e. The number of aryl methyl sites for hydroxylation is 1. The van der Waals surface area contributed by atoms with Gasteiger partial charge in [-0.2, -0.15) is 5.10 Å². The van der Waals surface area contributed by atoms with Crippen LogP contribution in [-0.2, 0) is 28.3 Å². The van der Waals surface area contributed by atoms with Crippen LogP contribution in [0.4, 0.5) is 11.4 Å². The zero-order valence-corrected chi connectivity index (χ0v) is 28.4. The van der Waals surface area contributed by atoms with Crippen molar-refractivity contribution < 1.29 is 19.8 Å². The third-order valence-corrected chi connectivity index (χ3v) is 9.74. The molecule has 5 aromatic rings. The van der Waals surface area contributed by atoms with E-state index in [1.165, 1.54) is 5.01 Å². The number of carbonyl (C=O) groups excluding carboxylic acids is 2. The van der Waals surface area contributed by atoms with Crippen molar-refractivity contribution in [2.24, 2.45) is 11.0 Å². The number of amides is 2. The minimum atomic E-state index is -1.74. The lowest BCUT2D eigenvalue weighted by Crippen LogP contribution is -2.44. The average molecular weight is 681 g/mol. The fraction of sp³-hybridized carbons (Fsp3) is 0.244. The standard InChI is InChI=1S/C41H40N6O4/c1-29(12-10-11-25-45-27-37(42-44-45)34(28-48)31-13-4-2-5-14-31)41(51)35-17-8-9-18-38(35)46(40(41)50)26-30-19-21-33(22-20-30)47-39(49)24-23-36(43-47)32-15-6-3-7-16-32/h2-10,12-22,27,29,34,48,51H,11,23-26,28H2,1H3/b12-10+/t29-,34?,41+/m1/s1. The summed E-state index contributed by atoms with van der Waals surface area (Å²) in [6.07, 6.45) is 7.26. The summed E-state index contributed by atoms with van der Waals surface area (Å²) in [6.45, 7) is 2.59. The van der Waals surface area contributed by atoms with Crippen LogP contribution in [-0.4, -0.2) is 49.3 Å². The molecular formula is C41H40N6O4. The van der Waals surface area contributed by atoms with Gasteiger partial charge in [-0.15, -0.1) is 5.10 Å². The zero-order valence-electron chi connectivity index (χ0n) is 28.4. The van der Waals surface area contributed by atoms with E-state index in [1.54, 1.807) is 9.58 Å². The van der Waals surface area contributed by atoms with Gasteiger partial charge in [-0.05, 0) is 41.3 Å². The highest BCUT2D eigenvalue weighted by Crippen LogP contribution is 2.45. The lowest BCUT2D eigenvalue weighted by atomic mass is 9.83. The maximum absolute atomic E-state index is 14.1. The number of nitrogens with zero attached hydrogens (tertiary/aromatic N) is 6. The van der Waals surface area contributed by atoms with Gasteiger partial charge in [0, 0.05) is 37.1 Å². The molecule has 10 heteroatoms. The molecule has 2 aliphatic rings. The van der Waals surface area contributed by atoms with Gasteiger partial charge >= 0.3 is 0 Å². The van der Waals surface area contributed by atoms with E-state index in [1.807, 2.05) is 134 Å². The Balaban J connectivity index is 1.02. The smallest absolute Gasteiger partial charge is 0.264 e. The molecule has 0 bridgehead atoms. The van der Waals surface area contributed by atoms with Crippen LogP contribution in [0.1, 0.15) is 60.1 Å². The van der Waals surface area contributed by atoms with Crippen LogP contribution in [0.5, 0.6) is 0 Å². The molecule has 7 rings (SSSR count). The molecule has 0 aliphatic carbocycles. The molecule has 3 atom stereocenters. The highest BCUT2D eigenvalue weighted by atomic mass is 16.3. The SMILES string of the molecule is C[C@H](/C=C/CCn1cc(C(CO)c2ccccc2)nn1)[C@@]1(O)C(=O)N(Cc2ccc(N3N=C(c4ccccc4)CCC3=O)cc2)c2ccccc21. The number of hydrazone groups is 1. The molecule has 10 nitrogen and oxygen atoms in total. The topological polar surface area (TPSA) is 124 Å². The van der Waals surface area contributed by atoms with E-state index in [-0.39, 0.29) is 30.9 Å². The highest BCUT2D eigenvalue weighted by Gasteiger charge is 2.52. The van der Waals surface area contributed by atoms with Crippen LogP contribution in [0, 0.1) is 5.92 Å².